The van der Waals surface area contributed by atoms with E-state index in [4.69, 9.17) is 17.3 Å². The van der Waals surface area contributed by atoms with Crippen LogP contribution in [0.15, 0.2) is 24.3 Å². The molecule has 1 aliphatic rings. The van der Waals surface area contributed by atoms with E-state index in [0.29, 0.717) is 12.1 Å². The lowest BCUT2D eigenvalue weighted by Gasteiger charge is -2.36. The highest BCUT2D eigenvalue weighted by atomic mass is 35.5. The van der Waals surface area contributed by atoms with Crippen LogP contribution >= 0.6 is 11.6 Å². The molecule has 1 saturated heterocycles. The van der Waals surface area contributed by atoms with Crippen LogP contribution in [-0.2, 0) is 6.42 Å². The fourth-order valence-electron chi connectivity index (χ4n) is 2.36. The summed E-state index contributed by atoms with van der Waals surface area (Å²) in [6.45, 7) is 1.09. The Bertz CT molecular complexity index is 354. The van der Waals surface area contributed by atoms with Crippen LogP contribution in [0.4, 0.5) is 0 Å². The average molecular weight is 239 g/mol. The normalized spacial score (nSPS) is 26.9. The molecule has 3 heteroatoms. The number of halogens is 1. The first-order valence-corrected chi connectivity index (χ1v) is 6.24. The molecule has 2 unspecified atom stereocenters. The van der Waals surface area contributed by atoms with E-state index in [2.05, 4.69) is 18.0 Å². The van der Waals surface area contributed by atoms with Gasteiger partial charge in [-0.1, -0.05) is 29.8 Å². The number of piperidine rings is 1. The van der Waals surface area contributed by atoms with Crippen LogP contribution in [0.25, 0.3) is 0 Å². The maximum absolute atomic E-state index is 6.18. The zero-order chi connectivity index (χ0) is 11.5. The van der Waals surface area contributed by atoms with Crippen LogP contribution in [-0.4, -0.2) is 30.6 Å². The van der Waals surface area contributed by atoms with E-state index in [1.807, 2.05) is 18.2 Å². The van der Waals surface area contributed by atoms with E-state index in [-0.39, 0.29) is 0 Å². The van der Waals surface area contributed by atoms with Crippen molar-refractivity contribution in [3.8, 4) is 0 Å². The lowest BCUT2D eigenvalue weighted by atomic mass is 9.93. The summed E-state index contributed by atoms with van der Waals surface area (Å²) < 4.78 is 0. The quantitative estimate of drug-likeness (QED) is 0.857. The minimum atomic E-state index is 0.351. The van der Waals surface area contributed by atoms with E-state index in [1.165, 1.54) is 5.56 Å². The topological polar surface area (TPSA) is 29.3 Å². The average Bonchev–Trinajstić information content (AvgIpc) is 2.27. The van der Waals surface area contributed by atoms with Crippen molar-refractivity contribution in [1.82, 2.24) is 4.90 Å². The van der Waals surface area contributed by atoms with Crippen molar-refractivity contribution in [2.75, 3.05) is 13.6 Å². The van der Waals surface area contributed by atoms with Crippen LogP contribution in [0, 0.1) is 0 Å². The molecule has 0 aromatic heterocycles. The number of likely N-dealkylation sites (N-methyl/N-ethyl adjacent to an activating group) is 1. The highest BCUT2D eigenvalue weighted by molar-refractivity contribution is 6.31. The number of nitrogens with zero attached hydrogens (tertiary/aromatic N) is 1. The number of nitrogens with two attached hydrogens (primary N) is 1. The number of likely N-dealkylation sites (tertiary alicyclic amines) is 1. The van der Waals surface area contributed by atoms with Crippen molar-refractivity contribution < 1.29 is 0 Å². The third kappa shape index (κ3) is 2.76. The Kier molecular flexibility index (Phi) is 3.85. The molecule has 1 heterocycles. The molecular formula is C13H19ClN2. The van der Waals surface area contributed by atoms with Crippen LogP contribution in [0.5, 0.6) is 0 Å². The number of benzene rings is 1. The smallest absolute Gasteiger partial charge is 0.0438 e. The van der Waals surface area contributed by atoms with Gasteiger partial charge in [0.1, 0.15) is 0 Å². The maximum atomic E-state index is 6.18. The van der Waals surface area contributed by atoms with Gasteiger partial charge in [0.25, 0.3) is 0 Å². The number of rotatable bonds is 2. The first-order valence-electron chi connectivity index (χ1n) is 5.86. The molecule has 0 saturated carbocycles. The summed E-state index contributed by atoms with van der Waals surface area (Å²) in [5, 5.41) is 0.870. The minimum absolute atomic E-state index is 0.351. The van der Waals surface area contributed by atoms with E-state index in [1.54, 1.807) is 0 Å². The largest absolute Gasteiger partial charge is 0.328 e. The van der Waals surface area contributed by atoms with Crippen molar-refractivity contribution in [3.05, 3.63) is 34.9 Å². The van der Waals surface area contributed by atoms with Crippen molar-refractivity contribution in [1.29, 1.82) is 0 Å². The lowest BCUT2D eigenvalue weighted by molar-refractivity contribution is 0.169. The number of hydrogen-bond acceptors (Lipinski definition) is 2. The molecule has 0 radical (unpaired) electrons. The molecule has 2 rings (SSSR count). The third-order valence-electron chi connectivity index (χ3n) is 3.46. The van der Waals surface area contributed by atoms with Gasteiger partial charge in [-0.15, -0.1) is 0 Å². The minimum Gasteiger partial charge on any atom is -0.328 e. The zero-order valence-electron chi connectivity index (χ0n) is 9.70. The first kappa shape index (κ1) is 11.9. The Hall–Kier alpha value is -0.570. The summed E-state index contributed by atoms with van der Waals surface area (Å²) in [7, 11) is 2.17. The second-order valence-electron chi connectivity index (χ2n) is 4.71. The van der Waals surface area contributed by atoms with E-state index >= 15 is 0 Å². The Morgan fingerprint density at radius 3 is 2.94 bits per heavy atom. The Labute approximate surface area is 102 Å². The summed E-state index contributed by atoms with van der Waals surface area (Å²) >= 11 is 6.18. The van der Waals surface area contributed by atoms with E-state index < -0.39 is 0 Å². The van der Waals surface area contributed by atoms with Gasteiger partial charge in [-0.25, -0.2) is 0 Å². The van der Waals surface area contributed by atoms with Crippen molar-refractivity contribution in [3.63, 3.8) is 0 Å². The molecule has 16 heavy (non-hydrogen) atoms. The summed E-state index contributed by atoms with van der Waals surface area (Å²) in [4.78, 5) is 2.40. The van der Waals surface area contributed by atoms with Crippen molar-refractivity contribution in [2.24, 2.45) is 5.73 Å². The summed E-state index contributed by atoms with van der Waals surface area (Å²) in [6, 6.07) is 8.97. The molecule has 88 valence electrons. The molecule has 0 bridgehead atoms. The van der Waals surface area contributed by atoms with Crippen molar-refractivity contribution >= 4 is 11.6 Å². The SMILES string of the molecule is CN1CCC(N)CC1Cc1ccccc1Cl. The second-order valence-corrected chi connectivity index (χ2v) is 5.12. The second kappa shape index (κ2) is 5.17. The van der Waals surface area contributed by atoms with Crippen LogP contribution in [0.1, 0.15) is 18.4 Å². The summed E-state index contributed by atoms with van der Waals surface area (Å²) in [6.07, 6.45) is 3.18. The van der Waals surface area contributed by atoms with Crippen LogP contribution in [0.3, 0.4) is 0 Å². The zero-order valence-corrected chi connectivity index (χ0v) is 10.5. The fraction of sp³-hybridized carbons (Fsp3) is 0.538. The molecule has 0 amide bonds. The van der Waals surface area contributed by atoms with E-state index in [0.717, 1.165) is 30.8 Å². The Balaban J connectivity index is 2.06. The molecule has 0 spiro atoms. The summed E-state index contributed by atoms with van der Waals surface area (Å²) in [5.41, 5.74) is 7.25. The Morgan fingerprint density at radius 1 is 1.44 bits per heavy atom. The van der Waals surface area contributed by atoms with Gasteiger partial charge >= 0.3 is 0 Å². The molecule has 1 fully saturated rings. The van der Waals surface area contributed by atoms with Gasteiger partial charge in [0, 0.05) is 17.1 Å². The predicted molar refractivity (Wildman–Crippen MR) is 68.8 cm³/mol. The molecule has 1 aromatic carbocycles. The number of hydrogen-bond donors (Lipinski definition) is 1. The lowest BCUT2D eigenvalue weighted by Crippen LogP contribution is -2.45. The van der Waals surface area contributed by atoms with E-state index in [9.17, 15) is 0 Å². The molecule has 0 aliphatic carbocycles. The molecule has 2 N–H and O–H groups in total. The molecule has 2 nitrogen and oxygen atoms in total. The summed E-state index contributed by atoms with van der Waals surface area (Å²) in [5.74, 6) is 0. The molecule has 1 aliphatic heterocycles. The molecule has 1 aromatic rings. The van der Waals surface area contributed by atoms with Gasteiger partial charge in [0.2, 0.25) is 0 Å². The predicted octanol–water partition coefficient (Wildman–Crippen LogP) is 2.30. The standard InChI is InChI=1S/C13H19ClN2/c1-16-7-6-11(15)9-12(16)8-10-4-2-3-5-13(10)14/h2-5,11-12H,6-9,15H2,1H3. The van der Waals surface area contributed by atoms with Gasteiger partial charge in [-0.3, -0.25) is 0 Å². The van der Waals surface area contributed by atoms with Crippen LogP contribution in [0.2, 0.25) is 5.02 Å². The first-order chi connectivity index (χ1) is 7.66. The fourth-order valence-corrected chi connectivity index (χ4v) is 2.57. The van der Waals surface area contributed by atoms with Crippen LogP contribution < -0.4 is 5.73 Å². The van der Waals surface area contributed by atoms with Crippen molar-refractivity contribution in [2.45, 2.75) is 31.3 Å². The molecular weight excluding hydrogens is 220 g/mol. The Morgan fingerprint density at radius 2 is 2.19 bits per heavy atom. The van der Waals surface area contributed by atoms with Gasteiger partial charge < -0.3 is 10.6 Å². The monoisotopic (exact) mass is 238 g/mol. The highest BCUT2D eigenvalue weighted by Gasteiger charge is 2.24. The maximum Gasteiger partial charge on any atom is 0.0438 e. The third-order valence-corrected chi connectivity index (χ3v) is 3.83. The van der Waals surface area contributed by atoms with Gasteiger partial charge in [-0.2, -0.15) is 0 Å². The van der Waals surface area contributed by atoms with Gasteiger partial charge in [0.15, 0.2) is 0 Å². The highest BCUT2D eigenvalue weighted by Crippen LogP contribution is 2.22. The van der Waals surface area contributed by atoms with Gasteiger partial charge in [-0.05, 0) is 44.5 Å². The van der Waals surface area contributed by atoms with Gasteiger partial charge in [0.05, 0.1) is 0 Å². The molecule has 2 atom stereocenters.